The molecule has 1 aliphatic rings. The number of anilines is 1. The molecule has 0 amide bonds. The van der Waals surface area contributed by atoms with Crippen LogP contribution < -0.4 is 5.32 Å². The maximum atomic E-state index is 11.2. The summed E-state index contributed by atoms with van der Waals surface area (Å²) in [6.07, 6.45) is 2.83. The Morgan fingerprint density at radius 1 is 1.50 bits per heavy atom. The second kappa shape index (κ2) is 5.62. The van der Waals surface area contributed by atoms with E-state index < -0.39 is 15.7 Å². The van der Waals surface area contributed by atoms with Crippen LogP contribution in [0.25, 0.3) is 0 Å². The quantitative estimate of drug-likeness (QED) is 0.679. The van der Waals surface area contributed by atoms with Crippen molar-refractivity contribution < 1.29 is 9.13 Å². The largest absolute Gasteiger partial charge is 0.362 e. The first kappa shape index (κ1) is 13.2. The minimum absolute atomic E-state index is 0.0788. The smallest absolute Gasteiger partial charge is 0.312 e. The van der Waals surface area contributed by atoms with Gasteiger partial charge in [-0.25, -0.2) is 4.98 Å². The van der Waals surface area contributed by atoms with E-state index in [0.29, 0.717) is 11.5 Å². The van der Waals surface area contributed by atoms with Gasteiger partial charge < -0.3 is 5.32 Å². The second-order valence-corrected chi connectivity index (χ2v) is 6.18. The maximum absolute atomic E-state index is 11.2. The summed E-state index contributed by atoms with van der Waals surface area (Å²) in [5.41, 5.74) is -0.130. The Morgan fingerprint density at radius 3 is 2.78 bits per heavy atom. The number of pyridine rings is 1. The van der Waals surface area contributed by atoms with Crippen LogP contribution in [0.2, 0.25) is 5.02 Å². The van der Waals surface area contributed by atoms with Gasteiger partial charge in [-0.05, 0) is 12.8 Å². The van der Waals surface area contributed by atoms with Crippen molar-refractivity contribution >= 4 is 33.9 Å². The number of nitrogens with one attached hydrogen (secondary N) is 1. The van der Waals surface area contributed by atoms with E-state index in [9.17, 15) is 14.3 Å². The molecular weight excluding hydrogens is 278 g/mol. The van der Waals surface area contributed by atoms with Gasteiger partial charge in [-0.2, -0.15) is 0 Å². The molecule has 1 aromatic heterocycles. The third-order valence-corrected chi connectivity index (χ3v) is 4.35. The molecule has 1 aromatic rings. The van der Waals surface area contributed by atoms with Gasteiger partial charge in [-0.3, -0.25) is 14.3 Å². The van der Waals surface area contributed by atoms with Crippen molar-refractivity contribution in [3.05, 3.63) is 27.4 Å². The maximum Gasteiger partial charge on any atom is 0.312 e. The molecule has 0 aromatic carbocycles. The summed E-state index contributed by atoms with van der Waals surface area (Å²) in [5, 5.41) is 14.2. The van der Waals surface area contributed by atoms with Gasteiger partial charge in [-0.1, -0.05) is 11.6 Å². The van der Waals surface area contributed by atoms with Gasteiger partial charge in [0.2, 0.25) is 5.82 Å². The van der Waals surface area contributed by atoms with Crippen molar-refractivity contribution in [3.63, 3.8) is 0 Å². The monoisotopic (exact) mass is 289 g/mol. The van der Waals surface area contributed by atoms with Gasteiger partial charge in [-0.15, -0.1) is 0 Å². The molecule has 0 bridgehead atoms. The van der Waals surface area contributed by atoms with Crippen LogP contribution in [0, 0.1) is 10.1 Å². The van der Waals surface area contributed by atoms with E-state index in [0.717, 1.165) is 12.8 Å². The fourth-order valence-corrected chi connectivity index (χ4v) is 3.26. The van der Waals surface area contributed by atoms with Crippen molar-refractivity contribution in [2.24, 2.45) is 0 Å². The number of nitrogens with zero attached hydrogens (tertiary/aromatic N) is 2. The number of halogens is 1. The van der Waals surface area contributed by atoms with Gasteiger partial charge in [0.15, 0.2) is 0 Å². The standard InChI is InChI=1S/C10H12ClN3O3S/c11-7-5-9(14(15)16)10(12-6-7)13-8-1-3-18(17)4-2-8/h5-6,8H,1-4H2,(H,12,13). The lowest BCUT2D eigenvalue weighted by Crippen LogP contribution is -2.29. The van der Waals surface area contributed by atoms with Crippen LogP contribution in [-0.2, 0) is 10.8 Å². The lowest BCUT2D eigenvalue weighted by Gasteiger charge is -2.22. The molecule has 8 heteroatoms. The highest BCUT2D eigenvalue weighted by Crippen LogP contribution is 2.27. The minimum Gasteiger partial charge on any atom is -0.362 e. The zero-order valence-corrected chi connectivity index (χ0v) is 11.0. The van der Waals surface area contributed by atoms with Gasteiger partial charge in [0.1, 0.15) is 0 Å². The highest BCUT2D eigenvalue weighted by atomic mass is 35.5. The Morgan fingerprint density at radius 2 is 2.17 bits per heavy atom. The summed E-state index contributed by atoms with van der Waals surface area (Å²) in [6, 6.07) is 1.35. The molecule has 0 radical (unpaired) electrons. The highest BCUT2D eigenvalue weighted by molar-refractivity contribution is 7.85. The molecule has 1 saturated heterocycles. The molecule has 0 atom stereocenters. The average Bonchev–Trinajstić information content (AvgIpc) is 2.34. The van der Waals surface area contributed by atoms with E-state index in [-0.39, 0.29) is 22.6 Å². The molecule has 1 fully saturated rings. The average molecular weight is 290 g/mol. The van der Waals surface area contributed by atoms with Crippen molar-refractivity contribution in [2.45, 2.75) is 18.9 Å². The summed E-state index contributed by atoms with van der Waals surface area (Å²) in [5.74, 6) is 1.47. The van der Waals surface area contributed by atoms with E-state index in [4.69, 9.17) is 11.6 Å². The molecule has 2 rings (SSSR count). The summed E-state index contributed by atoms with van der Waals surface area (Å²) >= 11 is 5.69. The van der Waals surface area contributed by atoms with Gasteiger partial charge in [0.05, 0.1) is 9.95 Å². The van der Waals surface area contributed by atoms with E-state index in [2.05, 4.69) is 10.3 Å². The van der Waals surface area contributed by atoms with Crippen LogP contribution >= 0.6 is 11.6 Å². The lowest BCUT2D eigenvalue weighted by atomic mass is 10.1. The zero-order chi connectivity index (χ0) is 13.1. The summed E-state index contributed by atoms with van der Waals surface area (Å²) in [7, 11) is -0.752. The van der Waals surface area contributed by atoms with Gasteiger partial charge >= 0.3 is 5.69 Å². The normalized spacial score (nSPS) is 23.6. The molecule has 0 unspecified atom stereocenters. The molecule has 6 nitrogen and oxygen atoms in total. The number of nitro groups is 1. The zero-order valence-electron chi connectivity index (χ0n) is 9.47. The molecule has 0 spiro atoms. The Hall–Kier alpha value is -1.21. The topological polar surface area (TPSA) is 85.1 Å². The fourth-order valence-electron chi connectivity index (χ4n) is 1.81. The van der Waals surface area contributed by atoms with Crippen LogP contribution in [0.5, 0.6) is 0 Å². The predicted molar refractivity (Wildman–Crippen MR) is 70.4 cm³/mol. The molecule has 2 heterocycles. The molecule has 18 heavy (non-hydrogen) atoms. The van der Waals surface area contributed by atoms with Gasteiger partial charge in [0.25, 0.3) is 0 Å². The molecular formula is C10H12ClN3O3S. The number of hydrogen-bond donors (Lipinski definition) is 1. The van der Waals surface area contributed by atoms with Crippen LogP contribution in [0.4, 0.5) is 11.5 Å². The Bertz CT molecular complexity index is 487. The Balaban J connectivity index is 2.13. The summed E-state index contributed by atoms with van der Waals surface area (Å²) in [4.78, 5) is 14.3. The van der Waals surface area contributed by atoms with Crippen molar-refractivity contribution in [1.29, 1.82) is 0 Å². The first-order valence-electron chi connectivity index (χ1n) is 5.47. The lowest BCUT2D eigenvalue weighted by molar-refractivity contribution is -0.384. The second-order valence-electron chi connectivity index (χ2n) is 4.05. The van der Waals surface area contributed by atoms with Crippen molar-refractivity contribution in [1.82, 2.24) is 4.98 Å². The van der Waals surface area contributed by atoms with E-state index >= 15 is 0 Å². The molecule has 1 N–H and O–H groups in total. The highest BCUT2D eigenvalue weighted by Gasteiger charge is 2.22. The van der Waals surface area contributed by atoms with E-state index in [1.807, 2.05) is 0 Å². The van der Waals surface area contributed by atoms with Crippen LogP contribution in [0.1, 0.15) is 12.8 Å². The molecule has 1 aliphatic heterocycles. The number of aromatic nitrogens is 1. The van der Waals surface area contributed by atoms with Crippen molar-refractivity contribution in [2.75, 3.05) is 16.8 Å². The van der Waals surface area contributed by atoms with E-state index in [1.54, 1.807) is 0 Å². The third kappa shape index (κ3) is 3.17. The summed E-state index contributed by atoms with van der Waals surface area (Å²) < 4.78 is 11.2. The van der Waals surface area contributed by atoms with E-state index in [1.165, 1.54) is 12.3 Å². The predicted octanol–water partition coefficient (Wildman–Crippen LogP) is 1.97. The van der Waals surface area contributed by atoms with Crippen LogP contribution in [0.3, 0.4) is 0 Å². The first-order chi connectivity index (χ1) is 8.56. The third-order valence-electron chi connectivity index (χ3n) is 2.76. The summed E-state index contributed by atoms with van der Waals surface area (Å²) in [6.45, 7) is 0. The van der Waals surface area contributed by atoms with Crippen LogP contribution in [-0.4, -0.2) is 31.7 Å². The Labute approximate surface area is 111 Å². The Kier molecular flexibility index (Phi) is 4.13. The first-order valence-corrected chi connectivity index (χ1v) is 7.34. The molecule has 98 valence electrons. The number of hydrogen-bond acceptors (Lipinski definition) is 5. The molecule has 0 aliphatic carbocycles. The number of rotatable bonds is 3. The minimum atomic E-state index is -0.752. The van der Waals surface area contributed by atoms with Crippen LogP contribution in [0.15, 0.2) is 12.3 Å². The SMILES string of the molecule is O=[N+]([O-])c1cc(Cl)cnc1NC1CCS(=O)CC1. The van der Waals surface area contributed by atoms with Crippen molar-refractivity contribution in [3.8, 4) is 0 Å². The van der Waals surface area contributed by atoms with Gasteiger partial charge in [0, 0.05) is 40.6 Å². The fraction of sp³-hybridized carbons (Fsp3) is 0.500. The molecule has 0 saturated carbocycles.